The van der Waals surface area contributed by atoms with Gasteiger partial charge in [0.15, 0.2) is 5.58 Å². The van der Waals surface area contributed by atoms with Gasteiger partial charge in [-0.1, -0.05) is 91.0 Å². The molecule has 0 unspecified atom stereocenters. The first-order chi connectivity index (χ1) is 21.7. The zero-order chi connectivity index (χ0) is 29.1. The fourth-order valence-corrected chi connectivity index (χ4v) is 7.25. The average molecular weight is 568 g/mol. The number of aromatic nitrogens is 1. The van der Waals surface area contributed by atoms with Crippen molar-refractivity contribution in [3.05, 3.63) is 132 Å². The first kappa shape index (κ1) is 23.5. The van der Waals surface area contributed by atoms with Crippen LogP contribution in [-0.2, 0) is 0 Å². The van der Waals surface area contributed by atoms with Crippen LogP contribution in [-0.4, -0.2) is 9.67 Å². The quantitative estimate of drug-likeness (QED) is 0.211. The van der Waals surface area contributed by atoms with Crippen molar-refractivity contribution in [2.24, 2.45) is 0 Å². The van der Waals surface area contributed by atoms with Crippen LogP contribution in [0.4, 0.5) is 0 Å². The topological polar surface area (TPSA) is 68.5 Å². The van der Waals surface area contributed by atoms with Gasteiger partial charge in [0, 0.05) is 54.2 Å². The highest BCUT2D eigenvalue weighted by Gasteiger charge is 2.25. The number of fused-ring (bicyclic) bond motifs is 6. The van der Waals surface area contributed by atoms with Crippen LogP contribution in [0.15, 0.2) is 135 Å². The van der Waals surface area contributed by atoms with E-state index in [9.17, 15) is 9.90 Å². The van der Waals surface area contributed by atoms with Crippen LogP contribution in [0.25, 0.3) is 93.1 Å². The summed E-state index contributed by atoms with van der Waals surface area (Å²) in [5.74, 6) is 0.125. The molecule has 10 rings (SSSR count). The number of para-hydroxylation sites is 4. The Hall–Kier alpha value is -6.07. The summed E-state index contributed by atoms with van der Waals surface area (Å²) < 4.78 is 14.6. The highest BCUT2D eigenvalue weighted by Crippen LogP contribution is 2.49. The number of phenols is 1. The van der Waals surface area contributed by atoms with Gasteiger partial charge in [-0.05, 0) is 35.7 Å². The van der Waals surface area contributed by atoms with Crippen LogP contribution in [0.3, 0.4) is 0 Å². The van der Waals surface area contributed by atoms with Gasteiger partial charge in [0.25, 0.3) is 5.56 Å². The van der Waals surface area contributed by atoms with Crippen molar-refractivity contribution in [3.8, 4) is 22.6 Å². The van der Waals surface area contributed by atoms with Crippen LogP contribution in [0.1, 0.15) is 0 Å². The number of hydrogen-bond donors (Lipinski definition) is 1. The molecule has 5 nitrogen and oxygen atoms in total. The predicted octanol–water partition coefficient (Wildman–Crippen LogP) is 9.91. The van der Waals surface area contributed by atoms with E-state index in [4.69, 9.17) is 8.83 Å². The van der Waals surface area contributed by atoms with Gasteiger partial charge in [-0.2, -0.15) is 0 Å². The van der Waals surface area contributed by atoms with Gasteiger partial charge in [0.05, 0.1) is 11.2 Å². The fraction of sp³-hybridized carbons (Fsp3) is 0. The average Bonchev–Trinajstić information content (AvgIpc) is 3.64. The van der Waals surface area contributed by atoms with Crippen molar-refractivity contribution in [1.29, 1.82) is 0 Å². The molecule has 0 saturated carbocycles. The van der Waals surface area contributed by atoms with E-state index in [0.29, 0.717) is 33.2 Å². The van der Waals surface area contributed by atoms with Gasteiger partial charge in [-0.3, -0.25) is 9.36 Å². The molecule has 0 fully saturated rings. The lowest BCUT2D eigenvalue weighted by Gasteiger charge is -2.20. The largest absolute Gasteiger partial charge is 0.507 e. The van der Waals surface area contributed by atoms with Crippen LogP contribution < -0.4 is 5.56 Å². The molecule has 3 heterocycles. The maximum absolute atomic E-state index is 14.4. The molecule has 0 radical (unpaired) electrons. The number of benzene rings is 7. The van der Waals surface area contributed by atoms with Crippen molar-refractivity contribution >= 4 is 76.3 Å². The summed E-state index contributed by atoms with van der Waals surface area (Å²) in [6.45, 7) is 0. The van der Waals surface area contributed by atoms with Crippen LogP contribution in [0, 0.1) is 0 Å². The molecule has 0 bridgehead atoms. The van der Waals surface area contributed by atoms with E-state index in [1.54, 1.807) is 4.57 Å². The lowest BCUT2D eigenvalue weighted by molar-refractivity contribution is 0.484. The van der Waals surface area contributed by atoms with E-state index in [1.165, 1.54) is 0 Å². The van der Waals surface area contributed by atoms with E-state index in [2.05, 4.69) is 0 Å². The lowest BCUT2D eigenvalue weighted by Crippen LogP contribution is -2.19. The molecule has 0 spiro atoms. The Morgan fingerprint density at radius 2 is 1.07 bits per heavy atom. The van der Waals surface area contributed by atoms with E-state index < -0.39 is 0 Å². The number of rotatable bonds is 2. The fourth-order valence-electron chi connectivity index (χ4n) is 7.25. The normalized spacial score (nSPS) is 12.3. The standard InChI is InChI=1S/C39H21NO4/c41-36-26-14-6-16-28-33(26)35-25(34(36)27-15-5-11-23-21-9-1-3-19-31(21)43-37(23)27)13-8-17-29(35)40(39(28)42)30-18-7-12-24-22-10-2-4-20-32(22)44-38(24)30/h1-20,41H. The Morgan fingerprint density at radius 3 is 1.86 bits per heavy atom. The third-order valence-corrected chi connectivity index (χ3v) is 9.09. The SMILES string of the molecule is O=c1c2cccc3c(O)c(-c4cccc5c4oc4ccccc45)c4cccc(c4c32)n1-c1cccc2c1oc1ccccc12. The molecule has 10 aromatic rings. The summed E-state index contributed by atoms with van der Waals surface area (Å²) in [5.41, 5.74) is 5.63. The van der Waals surface area contributed by atoms with Crippen molar-refractivity contribution in [1.82, 2.24) is 4.57 Å². The molecular weight excluding hydrogens is 546 g/mol. The monoisotopic (exact) mass is 567 g/mol. The van der Waals surface area contributed by atoms with E-state index in [-0.39, 0.29) is 11.3 Å². The zero-order valence-electron chi connectivity index (χ0n) is 23.2. The summed E-state index contributed by atoms with van der Waals surface area (Å²) in [7, 11) is 0. The minimum Gasteiger partial charge on any atom is -0.507 e. The second-order valence-electron chi connectivity index (χ2n) is 11.3. The molecule has 3 aromatic heterocycles. The second-order valence-corrected chi connectivity index (χ2v) is 11.3. The third-order valence-electron chi connectivity index (χ3n) is 9.09. The summed E-state index contributed by atoms with van der Waals surface area (Å²) in [6, 6.07) is 39.3. The predicted molar refractivity (Wildman–Crippen MR) is 177 cm³/mol. The number of phenolic OH excluding ortho intramolecular Hbond substituents is 1. The summed E-state index contributed by atoms with van der Waals surface area (Å²) in [4.78, 5) is 14.4. The van der Waals surface area contributed by atoms with Crippen molar-refractivity contribution in [2.45, 2.75) is 0 Å². The minimum absolute atomic E-state index is 0.125. The van der Waals surface area contributed by atoms with Gasteiger partial charge in [-0.25, -0.2) is 0 Å². The van der Waals surface area contributed by atoms with Crippen LogP contribution >= 0.6 is 0 Å². The van der Waals surface area contributed by atoms with E-state index in [0.717, 1.165) is 59.9 Å². The molecule has 0 atom stereocenters. The van der Waals surface area contributed by atoms with Crippen molar-refractivity contribution < 1.29 is 13.9 Å². The lowest BCUT2D eigenvalue weighted by atomic mass is 9.89. The smallest absolute Gasteiger partial charge is 0.263 e. The van der Waals surface area contributed by atoms with E-state index >= 15 is 0 Å². The zero-order valence-corrected chi connectivity index (χ0v) is 23.2. The Labute approximate surface area is 248 Å². The van der Waals surface area contributed by atoms with Gasteiger partial charge in [0.2, 0.25) is 0 Å². The molecule has 44 heavy (non-hydrogen) atoms. The highest BCUT2D eigenvalue weighted by atomic mass is 16.3. The number of aromatic hydroxyl groups is 1. The molecule has 0 aliphatic rings. The number of nitrogens with zero attached hydrogens (tertiary/aromatic N) is 1. The molecule has 5 heteroatoms. The molecule has 0 amide bonds. The molecule has 0 saturated heterocycles. The van der Waals surface area contributed by atoms with Crippen molar-refractivity contribution in [3.63, 3.8) is 0 Å². The maximum atomic E-state index is 14.4. The summed E-state index contributed by atoms with van der Waals surface area (Å²) in [6.07, 6.45) is 0. The molecule has 206 valence electrons. The number of furan rings is 2. The Balaban J connectivity index is 1.40. The van der Waals surface area contributed by atoms with Crippen LogP contribution in [0.2, 0.25) is 0 Å². The maximum Gasteiger partial charge on any atom is 0.263 e. The second kappa shape index (κ2) is 8.27. The summed E-state index contributed by atoms with van der Waals surface area (Å²) >= 11 is 0. The number of pyridine rings is 1. The highest BCUT2D eigenvalue weighted by molar-refractivity contribution is 6.29. The van der Waals surface area contributed by atoms with Crippen LogP contribution in [0.5, 0.6) is 5.75 Å². The van der Waals surface area contributed by atoms with Gasteiger partial charge in [0.1, 0.15) is 22.5 Å². The molecule has 1 N–H and O–H groups in total. The van der Waals surface area contributed by atoms with Gasteiger partial charge in [-0.15, -0.1) is 0 Å². The van der Waals surface area contributed by atoms with Crippen molar-refractivity contribution in [2.75, 3.05) is 0 Å². The Bertz CT molecular complexity index is 2870. The first-order valence-corrected chi connectivity index (χ1v) is 14.5. The first-order valence-electron chi connectivity index (χ1n) is 14.5. The third kappa shape index (κ3) is 2.85. The molecule has 7 aromatic carbocycles. The summed E-state index contributed by atoms with van der Waals surface area (Å²) in [5, 5.41) is 19.6. The van der Waals surface area contributed by atoms with E-state index in [1.807, 2.05) is 121 Å². The molecule has 0 aliphatic carbocycles. The molecule has 0 aliphatic heterocycles. The number of hydrogen-bond acceptors (Lipinski definition) is 4. The molecular formula is C39H21NO4. The van der Waals surface area contributed by atoms with Gasteiger partial charge >= 0.3 is 0 Å². The minimum atomic E-state index is -0.171. The van der Waals surface area contributed by atoms with Gasteiger partial charge < -0.3 is 13.9 Å². The Morgan fingerprint density at radius 1 is 0.500 bits per heavy atom. The Kier molecular flexibility index (Phi) is 4.41.